The smallest absolute Gasteiger partial charge is 0.549 e. The molecule has 0 saturated heterocycles. The Labute approximate surface area is 186 Å². The van der Waals surface area contributed by atoms with Gasteiger partial charge in [-0.05, 0) is 30.5 Å². The van der Waals surface area contributed by atoms with Gasteiger partial charge in [0.1, 0.15) is 0 Å². The monoisotopic (exact) mass is 407 g/mol. The van der Waals surface area contributed by atoms with E-state index >= 15 is 0 Å². The maximum absolute atomic E-state index is 11.8. The van der Waals surface area contributed by atoms with Gasteiger partial charge in [-0.1, -0.05) is 37.6 Å². The number of aliphatic carboxylic acids is 1. The van der Waals surface area contributed by atoms with Crippen molar-refractivity contribution in [2.24, 2.45) is 0 Å². The Morgan fingerprint density at radius 1 is 1.11 bits per heavy atom. The molecule has 0 spiro atoms. The number of halogens is 1. The van der Waals surface area contributed by atoms with E-state index in [0.717, 1.165) is 0 Å². The number of carbonyl (C=O) groups excluding carboxylic acids is 3. The van der Waals surface area contributed by atoms with Gasteiger partial charge in [0.2, 0.25) is 6.29 Å². The first-order valence-electron chi connectivity index (χ1n) is 8.47. The molecule has 2 atom stereocenters. The van der Waals surface area contributed by atoms with Gasteiger partial charge in [-0.3, -0.25) is 4.79 Å². The van der Waals surface area contributed by atoms with Gasteiger partial charge in [-0.15, -0.1) is 0 Å². The molecular weight excluding hydrogens is 385 g/mol. The molecule has 27 heavy (non-hydrogen) atoms. The van der Waals surface area contributed by atoms with Crippen LogP contribution in [0.5, 0.6) is 0 Å². The summed E-state index contributed by atoms with van der Waals surface area (Å²) < 4.78 is 10.1. The minimum absolute atomic E-state index is 0. The molecule has 0 aliphatic carbocycles. The molecule has 144 valence electrons. The summed E-state index contributed by atoms with van der Waals surface area (Å²) in [5.41, 5.74) is 0.533. The molecule has 0 radical (unpaired) electrons. The van der Waals surface area contributed by atoms with Crippen LogP contribution < -0.4 is 40.0 Å². The van der Waals surface area contributed by atoms with Gasteiger partial charge >= 0.3 is 41.6 Å². The first-order chi connectivity index (χ1) is 12.4. The van der Waals surface area contributed by atoms with Crippen molar-refractivity contribution in [3.63, 3.8) is 0 Å². The molecule has 0 heterocycles. The molecule has 9 heteroatoms. The second kappa shape index (κ2) is 13.8. The molecule has 0 fully saturated rings. The van der Waals surface area contributed by atoms with Crippen LogP contribution in [0.4, 0.5) is 4.79 Å². The molecule has 0 saturated carbocycles. The van der Waals surface area contributed by atoms with Crippen LogP contribution in [0.1, 0.15) is 51.0 Å². The Morgan fingerprint density at radius 3 is 2.26 bits per heavy atom. The third-order valence-electron chi connectivity index (χ3n) is 3.57. The van der Waals surface area contributed by atoms with Crippen molar-refractivity contribution in [2.75, 3.05) is 6.54 Å². The van der Waals surface area contributed by atoms with Crippen molar-refractivity contribution in [2.45, 2.75) is 51.7 Å². The minimum Gasteiger partial charge on any atom is -0.549 e. The van der Waals surface area contributed by atoms with Gasteiger partial charge in [0.15, 0.2) is 0 Å². The number of nitrogens with one attached hydrogen (secondary N) is 1. The maximum atomic E-state index is 11.8. The maximum Gasteiger partial charge on any atom is 1.00 e. The predicted octanol–water partition coefficient (Wildman–Crippen LogP) is -0.627. The van der Waals surface area contributed by atoms with E-state index in [1.165, 1.54) is 0 Å². The van der Waals surface area contributed by atoms with Crippen LogP contribution in [0.3, 0.4) is 0 Å². The molecule has 1 N–H and O–H groups in total. The molecule has 2 unspecified atom stereocenters. The van der Waals surface area contributed by atoms with E-state index in [2.05, 4.69) is 5.32 Å². The summed E-state index contributed by atoms with van der Waals surface area (Å²) in [4.78, 5) is 34.5. The number of carbonyl (C=O) groups is 3. The van der Waals surface area contributed by atoms with Crippen molar-refractivity contribution >= 4 is 29.6 Å². The number of amides is 1. The number of rotatable bonds is 10. The Balaban J connectivity index is 0.00000676. The predicted molar refractivity (Wildman–Crippen MR) is 93.4 cm³/mol. The zero-order valence-electron chi connectivity index (χ0n) is 15.8. The fraction of sp³-hybridized carbons (Fsp3) is 0.500. The fourth-order valence-corrected chi connectivity index (χ4v) is 2.33. The summed E-state index contributed by atoms with van der Waals surface area (Å²) in [7, 11) is 0. The molecule has 0 aliphatic heterocycles. The minimum atomic E-state index is -1.25. The second-order valence-electron chi connectivity index (χ2n) is 5.61. The molecule has 1 aromatic rings. The first-order valence-corrected chi connectivity index (χ1v) is 8.85. The van der Waals surface area contributed by atoms with Crippen LogP contribution in [0.2, 0.25) is 5.02 Å². The normalized spacial score (nSPS) is 12.3. The standard InChI is InChI=1S/C18H24ClNO6.Na/c1-3-5-16(25-15(21)4-2)26-18(24)20-11-10-14(17(22)23)12-6-8-13(19)9-7-12;/h6-9,14,16H,3-5,10-11H2,1-2H3,(H,20,24)(H,22,23);/q;+1/p-1. The third-order valence-corrected chi connectivity index (χ3v) is 3.83. The SMILES string of the molecule is CCCC(OC(=O)CC)OC(=O)NCCC(C(=O)[O-])c1ccc(Cl)cc1.[Na+]. The van der Waals surface area contributed by atoms with Gasteiger partial charge in [0, 0.05) is 36.3 Å². The van der Waals surface area contributed by atoms with Gasteiger partial charge in [-0.25, -0.2) is 4.79 Å². The second-order valence-corrected chi connectivity index (χ2v) is 6.04. The Kier molecular flexibility index (Phi) is 13.2. The number of carboxylic acid groups (broad SMARTS) is 1. The number of carboxylic acids is 1. The zero-order chi connectivity index (χ0) is 19.5. The summed E-state index contributed by atoms with van der Waals surface area (Å²) in [6, 6.07) is 6.38. The van der Waals surface area contributed by atoms with Gasteiger partial charge in [-0.2, -0.15) is 0 Å². The van der Waals surface area contributed by atoms with E-state index in [1.54, 1.807) is 31.2 Å². The van der Waals surface area contributed by atoms with Crippen molar-refractivity contribution in [3.05, 3.63) is 34.9 Å². The van der Waals surface area contributed by atoms with Crippen LogP contribution >= 0.6 is 11.6 Å². The quantitative estimate of drug-likeness (QED) is 0.315. The van der Waals surface area contributed by atoms with Crippen LogP contribution in [0.15, 0.2) is 24.3 Å². The van der Waals surface area contributed by atoms with Crippen LogP contribution in [-0.4, -0.2) is 30.9 Å². The van der Waals surface area contributed by atoms with Gasteiger partial charge in [0.05, 0.1) is 0 Å². The molecule has 1 rings (SSSR count). The summed E-state index contributed by atoms with van der Waals surface area (Å²) >= 11 is 5.79. The van der Waals surface area contributed by atoms with E-state index in [9.17, 15) is 19.5 Å². The summed E-state index contributed by atoms with van der Waals surface area (Å²) in [5, 5.41) is 14.3. The number of benzene rings is 1. The van der Waals surface area contributed by atoms with Crippen molar-refractivity contribution in [3.8, 4) is 0 Å². The largest absolute Gasteiger partial charge is 1.00 e. The van der Waals surface area contributed by atoms with Crippen molar-refractivity contribution in [1.29, 1.82) is 0 Å². The Bertz CT molecular complexity index is 610. The summed E-state index contributed by atoms with van der Waals surface area (Å²) in [6.07, 6.45) is -0.392. The Hall–Kier alpha value is -1.28. The molecule has 0 aromatic heterocycles. The van der Waals surface area contributed by atoms with Crippen LogP contribution in [0.25, 0.3) is 0 Å². The average molecular weight is 408 g/mol. The number of alkyl carbamates (subject to hydrolysis) is 1. The van der Waals surface area contributed by atoms with Gasteiger partial charge in [0.25, 0.3) is 0 Å². The summed E-state index contributed by atoms with van der Waals surface area (Å²) in [5.74, 6) is -2.60. The zero-order valence-corrected chi connectivity index (χ0v) is 18.6. The van der Waals surface area contributed by atoms with E-state index in [0.29, 0.717) is 23.4 Å². The number of ether oxygens (including phenoxy) is 2. The number of hydrogen-bond donors (Lipinski definition) is 1. The van der Waals surface area contributed by atoms with Gasteiger partial charge < -0.3 is 24.7 Å². The van der Waals surface area contributed by atoms with E-state index in [4.69, 9.17) is 21.1 Å². The molecule has 7 nitrogen and oxygen atoms in total. The number of esters is 1. The average Bonchev–Trinajstić information content (AvgIpc) is 2.59. The topological polar surface area (TPSA) is 105 Å². The van der Waals surface area contributed by atoms with Crippen LogP contribution in [-0.2, 0) is 19.1 Å². The molecule has 0 aliphatic rings. The molecule has 1 amide bonds. The molecule has 0 bridgehead atoms. The third kappa shape index (κ3) is 10.0. The van der Waals surface area contributed by atoms with E-state index < -0.39 is 30.2 Å². The van der Waals surface area contributed by atoms with Crippen molar-refractivity contribution < 1.29 is 58.5 Å². The number of hydrogen-bond acceptors (Lipinski definition) is 6. The van der Waals surface area contributed by atoms with E-state index in [-0.39, 0.29) is 48.9 Å². The first kappa shape index (κ1) is 25.7. The van der Waals surface area contributed by atoms with E-state index in [1.807, 2.05) is 6.92 Å². The van der Waals surface area contributed by atoms with Crippen LogP contribution in [0, 0.1) is 0 Å². The Morgan fingerprint density at radius 2 is 1.74 bits per heavy atom. The molecule has 1 aromatic carbocycles. The molecular formula is C18H23ClNNaO6. The van der Waals surface area contributed by atoms with Crippen molar-refractivity contribution in [1.82, 2.24) is 5.32 Å². The fourth-order valence-electron chi connectivity index (χ4n) is 2.20. The summed E-state index contributed by atoms with van der Waals surface area (Å²) in [6.45, 7) is 3.56.